The van der Waals surface area contributed by atoms with Crippen molar-refractivity contribution in [2.75, 3.05) is 36.0 Å². The number of piperazine rings is 1. The number of carbonyl (C=O) groups is 2. The first kappa shape index (κ1) is 18.7. The summed E-state index contributed by atoms with van der Waals surface area (Å²) in [5, 5.41) is 0.730. The number of amides is 2. The van der Waals surface area contributed by atoms with Crippen LogP contribution in [-0.4, -0.2) is 44.0 Å². The van der Waals surface area contributed by atoms with Crippen LogP contribution in [-0.2, 0) is 9.59 Å². The Balaban J connectivity index is 1.43. The second-order valence-corrected chi connectivity index (χ2v) is 8.60. The Morgan fingerprint density at radius 3 is 2.15 bits per heavy atom. The average Bonchev–Trinajstić information content (AvgIpc) is 2.98. The fourth-order valence-electron chi connectivity index (χ4n) is 3.86. The first-order chi connectivity index (χ1) is 13.0. The van der Waals surface area contributed by atoms with Gasteiger partial charge in [0.05, 0.1) is 38.3 Å². The summed E-state index contributed by atoms with van der Waals surface area (Å²) < 4.78 is 1.08. The number of nitrogens with zero attached hydrogens (tertiary/aromatic N) is 2. The summed E-state index contributed by atoms with van der Waals surface area (Å²) >= 11 is 8.18. The van der Waals surface area contributed by atoms with E-state index in [1.165, 1.54) is 9.80 Å². The van der Waals surface area contributed by atoms with Gasteiger partial charge in [0.2, 0.25) is 5.91 Å². The van der Waals surface area contributed by atoms with Crippen LogP contribution in [0.15, 0.2) is 48.5 Å². The number of quaternary nitrogens is 1. The van der Waals surface area contributed by atoms with Crippen molar-refractivity contribution in [3.8, 4) is 0 Å². The summed E-state index contributed by atoms with van der Waals surface area (Å²) in [7, 11) is 0. The Bertz CT molecular complexity index is 849. The zero-order valence-corrected chi connectivity index (χ0v) is 17.6. The van der Waals surface area contributed by atoms with E-state index in [2.05, 4.69) is 27.5 Å². The first-order valence-corrected chi connectivity index (χ1v) is 10.5. The Hall–Kier alpha value is -1.64. The van der Waals surface area contributed by atoms with E-state index in [1.54, 1.807) is 0 Å². The molecule has 0 aliphatic carbocycles. The van der Waals surface area contributed by atoms with E-state index in [1.807, 2.05) is 48.5 Å². The summed E-state index contributed by atoms with van der Waals surface area (Å²) in [4.78, 5) is 30.3. The monoisotopic (exact) mass is 496 g/mol. The van der Waals surface area contributed by atoms with Crippen LogP contribution in [0.3, 0.4) is 0 Å². The highest BCUT2D eigenvalue weighted by atomic mass is 127. The van der Waals surface area contributed by atoms with Crippen LogP contribution in [0, 0.1) is 3.57 Å². The standard InChI is InChI=1S/C20H19ClIN3O2/c21-14-1-5-16(6-2-14)23-9-11-24(12-10-23)18-13-19(26)25(20(18)27)17-7-3-15(22)4-8-17/h1-8,18H,9-13H2/p+1/t18-/m1/s1. The summed E-state index contributed by atoms with van der Waals surface area (Å²) in [6.07, 6.45) is 0.293. The van der Waals surface area contributed by atoms with Crippen molar-refractivity contribution in [2.45, 2.75) is 12.5 Å². The van der Waals surface area contributed by atoms with Gasteiger partial charge in [-0.15, -0.1) is 0 Å². The number of benzene rings is 2. The van der Waals surface area contributed by atoms with Crippen LogP contribution in [0.1, 0.15) is 6.42 Å². The van der Waals surface area contributed by atoms with E-state index in [0.717, 1.165) is 40.5 Å². The molecule has 1 atom stereocenters. The molecule has 0 aromatic heterocycles. The normalized spacial score (nSPS) is 21.2. The molecule has 0 unspecified atom stereocenters. The molecule has 2 amide bonds. The van der Waals surface area contributed by atoms with Crippen molar-refractivity contribution in [3.05, 3.63) is 57.1 Å². The molecule has 140 valence electrons. The minimum atomic E-state index is -0.274. The van der Waals surface area contributed by atoms with Crippen LogP contribution in [0.4, 0.5) is 11.4 Å². The number of halogens is 2. The van der Waals surface area contributed by atoms with Crippen molar-refractivity contribution in [1.82, 2.24) is 0 Å². The van der Waals surface area contributed by atoms with Gasteiger partial charge in [-0.1, -0.05) is 11.6 Å². The molecule has 2 saturated heterocycles. The lowest BCUT2D eigenvalue weighted by Gasteiger charge is -2.35. The Kier molecular flexibility index (Phi) is 5.39. The molecule has 0 radical (unpaired) electrons. The lowest BCUT2D eigenvalue weighted by molar-refractivity contribution is -0.915. The van der Waals surface area contributed by atoms with Gasteiger partial charge in [-0.2, -0.15) is 0 Å². The Labute approximate surface area is 177 Å². The average molecular weight is 497 g/mol. The first-order valence-electron chi connectivity index (χ1n) is 9.00. The van der Waals surface area contributed by atoms with E-state index in [0.29, 0.717) is 12.1 Å². The van der Waals surface area contributed by atoms with Crippen molar-refractivity contribution < 1.29 is 14.5 Å². The Morgan fingerprint density at radius 1 is 0.926 bits per heavy atom. The van der Waals surface area contributed by atoms with Crippen molar-refractivity contribution in [2.24, 2.45) is 0 Å². The molecule has 0 bridgehead atoms. The number of hydrogen-bond acceptors (Lipinski definition) is 3. The highest BCUT2D eigenvalue weighted by Gasteiger charge is 2.46. The van der Waals surface area contributed by atoms with E-state index in [9.17, 15) is 9.59 Å². The SMILES string of the molecule is O=C1C[C@@H]([NH+]2CCN(c3ccc(Cl)cc3)CC2)C(=O)N1c1ccc(I)cc1. The minimum absolute atomic E-state index is 0.0730. The van der Waals surface area contributed by atoms with Crippen molar-refractivity contribution >= 4 is 57.4 Å². The molecular weight excluding hydrogens is 477 g/mol. The van der Waals surface area contributed by atoms with Gasteiger partial charge in [0, 0.05) is 14.3 Å². The molecule has 2 aliphatic heterocycles. The van der Waals surface area contributed by atoms with Gasteiger partial charge >= 0.3 is 0 Å². The summed E-state index contributed by atoms with van der Waals surface area (Å²) in [6, 6.07) is 15.1. The van der Waals surface area contributed by atoms with E-state index in [-0.39, 0.29) is 17.9 Å². The lowest BCUT2D eigenvalue weighted by atomic mass is 10.1. The molecule has 4 rings (SSSR count). The second kappa shape index (κ2) is 7.77. The van der Waals surface area contributed by atoms with Crippen LogP contribution < -0.4 is 14.7 Å². The maximum Gasteiger partial charge on any atom is 0.292 e. The maximum absolute atomic E-state index is 12.9. The predicted molar refractivity (Wildman–Crippen MR) is 114 cm³/mol. The lowest BCUT2D eigenvalue weighted by Crippen LogP contribution is -3.19. The zero-order chi connectivity index (χ0) is 19.0. The van der Waals surface area contributed by atoms with E-state index < -0.39 is 0 Å². The molecule has 2 aromatic rings. The van der Waals surface area contributed by atoms with Gasteiger partial charge in [-0.25, -0.2) is 4.90 Å². The third-order valence-electron chi connectivity index (χ3n) is 5.32. The number of hydrogen-bond donors (Lipinski definition) is 1. The van der Waals surface area contributed by atoms with Gasteiger partial charge < -0.3 is 9.80 Å². The van der Waals surface area contributed by atoms with Gasteiger partial charge in [0.15, 0.2) is 6.04 Å². The van der Waals surface area contributed by atoms with E-state index in [4.69, 9.17) is 11.6 Å². The summed E-state index contributed by atoms with van der Waals surface area (Å²) in [5.74, 6) is -0.171. The topological polar surface area (TPSA) is 45.1 Å². The summed E-state index contributed by atoms with van der Waals surface area (Å²) in [6.45, 7) is 3.40. The minimum Gasteiger partial charge on any atom is -0.360 e. The Morgan fingerprint density at radius 2 is 1.52 bits per heavy atom. The zero-order valence-electron chi connectivity index (χ0n) is 14.7. The van der Waals surface area contributed by atoms with Gasteiger partial charge in [0.1, 0.15) is 0 Å². The molecule has 27 heavy (non-hydrogen) atoms. The molecule has 2 aliphatic rings. The highest BCUT2D eigenvalue weighted by molar-refractivity contribution is 14.1. The quantitative estimate of drug-likeness (QED) is 0.522. The number of rotatable bonds is 3. The van der Waals surface area contributed by atoms with Gasteiger partial charge in [-0.3, -0.25) is 9.59 Å². The van der Waals surface area contributed by atoms with E-state index >= 15 is 0 Å². The molecule has 0 saturated carbocycles. The third kappa shape index (κ3) is 3.83. The van der Waals surface area contributed by atoms with Gasteiger partial charge in [0.25, 0.3) is 5.91 Å². The number of nitrogens with one attached hydrogen (secondary N) is 1. The fraction of sp³-hybridized carbons (Fsp3) is 0.300. The predicted octanol–water partition coefficient (Wildman–Crippen LogP) is 1.98. The number of anilines is 2. The highest BCUT2D eigenvalue weighted by Crippen LogP contribution is 2.23. The smallest absolute Gasteiger partial charge is 0.292 e. The second-order valence-electron chi connectivity index (χ2n) is 6.92. The number of imide groups is 1. The van der Waals surface area contributed by atoms with Crippen LogP contribution >= 0.6 is 34.2 Å². The van der Waals surface area contributed by atoms with Crippen LogP contribution in [0.5, 0.6) is 0 Å². The van der Waals surface area contributed by atoms with Crippen LogP contribution in [0.2, 0.25) is 5.02 Å². The number of carbonyl (C=O) groups excluding carboxylic acids is 2. The molecule has 0 spiro atoms. The molecule has 2 fully saturated rings. The molecular formula is C20H20ClIN3O2+. The fourth-order valence-corrected chi connectivity index (χ4v) is 4.35. The summed E-state index contributed by atoms with van der Waals surface area (Å²) in [5.41, 5.74) is 1.82. The van der Waals surface area contributed by atoms with Gasteiger partial charge in [-0.05, 0) is 71.1 Å². The molecule has 2 heterocycles. The molecule has 1 N–H and O–H groups in total. The molecule has 7 heteroatoms. The molecule has 2 aromatic carbocycles. The maximum atomic E-state index is 12.9. The van der Waals surface area contributed by atoms with Crippen molar-refractivity contribution in [3.63, 3.8) is 0 Å². The largest absolute Gasteiger partial charge is 0.360 e. The van der Waals surface area contributed by atoms with Crippen molar-refractivity contribution in [1.29, 1.82) is 0 Å². The molecule has 5 nitrogen and oxygen atoms in total. The third-order valence-corrected chi connectivity index (χ3v) is 6.29. The van der Waals surface area contributed by atoms with Crippen LogP contribution in [0.25, 0.3) is 0 Å².